The third-order valence-electron chi connectivity index (χ3n) is 10.9. The average Bonchev–Trinajstić information content (AvgIpc) is 3.22. The molecule has 0 aromatic rings. The van der Waals surface area contributed by atoms with Crippen molar-refractivity contribution in [3.05, 3.63) is 60.8 Å². The van der Waals surface area contributed by atoms with Crippen molar-refractivity contribution in [2.45, 2.75) is 219 Å². The molecule has 0 aliphatic rings. The van der Waals surface area contributed by atoms with Crippen LogP contribution in [0.25, 0.3) is 0 Å². The van der Waals surface area contributed by atoms with E-state index in [-0.39, 0.29) is 42.7 Å². The predicted octanol–water partition coefficient (Wildman–Crippen LogP) is 14.1. The molecule has 0 heterocycles. The SMILES string of the molecule is CCCCCC/C=C/C=C/CCCCCCCCCCCCC(=O)OC(COCCC(C(=O)O)[N+](C)(C)C)COC(=O)CCC/C=C/C/C=C/C/C=C/CCCCCCCC. The third kappa shape index (κ3) is 42.1. The Kier molecular flexibility index (Phi) is 41.5. The summed E-state index contributed by atoms with van der Waals surface area (Å²) < 4.78 is 17.3. The molecule has 0 aromatic carbocycles. The molecule has 0 amide bonds. The number of rotatable bonds is 44. The first-order valence-electron chi connectivity index (χ1n) is 24.8. The molecule has 0 fully saturated rings. The van der Waals surface area contributed by atoms with Crippen LogP contribution in [0.2, 0.25) is 0 Å². The number of allylic oxidation sites excluding steroid dienone is 10. The largest absolute Gasteiger partial charge is 0.477 e. The molecule has 0 rings (SSSR count). The molecule has 0 saturated heterocycles. The van der Waals surface area contributed by atoms with Gasteiger partial charge in [-0.05, 0) is 70.6 Å². The fourth-order valence-corrected chi connectivity index (χ4v) is 7.04. The Morgan fingerprint density at radius 3 is 1.44 bits per heavy atom. The molecule has 0 spiro atoms. The van der Waals surface area contributed by atoms with E-state index in [1.807, 2.05) is 21.1 Å². The van der Waals surface area contributed by atoms with E-state index in [0.717, 1.165) is 38.5 Å². The second-order valence-corrected chi connectivity index (χ2v) is 17.7. The van der Waals surface area contributed by atoms with Crippen LogP contribution in [0.1, 0.15) is 206 Å². The summed E-state index contributed by atoms with van der Waals surface area (Å²) in [5.74, 6) is -1.54. The van der Waals surface area contributed by atoms with Crippen LogP contribution in [0.5, 0.6) is 0 Å². The maximum Gasteiger partial charge on any atom is 0.362 e. The van der Waals surface area contributed by atoms with Crippen LogP contribution in [0.15, 0.2) is 60.8 Å². The topological polar surface area (TPSA) is 99.1 Å². The smallest absolute Gasteiger partial charge is 0.362 e. The monoisotopic (exact) mass is 857 g/mol. The summed E-state index contributed by atoms with van der Waals surface area (Å²) in [7, 11) is 5.52. The van der Waals surface area contributed by atoms with Crippen molar-refractivity contribution >= 4 is 17.9 Å². The second-order valence-electron chi connectivity index (χ2n) is 17.7. The lowest BCUT2D eigenvalue weighted by Gasteiger charge is -2.31. The molecule has 8 heteroatoms. The minimum atomic E-state index is -0.882. The lowest BCUT2D eigenvalue weighted by atomic mass is 10.1. The Bertz CT molecular complexity index is 1180. The molecule has 2 unspecified atom stereocenters. The van der Waals surface area contributed by atoms with Crippen molar-refractivity contribution in [3.63, 3.8) is 0 Å². The number of nitrogens with zero attached hydrogens (tertiary/aromatic N) is 1. The molecule has 0 bridgehead atoms. The van der Waals surface area contributed by atoms with E-state index in [4.69, 9.17) is 14.2 Å². The highest BCUT2D eigenvalue weighted by Gasteiger charge is 2.31. The van der Waals surface area contributed by atoms with Crippen LogP contribution < -0.4 is 0 Å². The fourth-order valence-electron chi connectivity index (χ4n) is 7.04. The summed E-state index contributed by atoms with van der Waals surface area (Å²) in [6, 6.07) is -0.625. The number of ether oxygens (including phenoxy) is 3. The van der Waals surface area contributed by atoms with Gasteiger partial charge in [-0.2, -0.15) is 0 Å². The van der Waals surface area contributed by atoms with Crippen LogP contribution in [-0.2, 0) is 28.6 Å². The zero-order chi connectivity index (χ0) is 44.9. The summed E-state index contributed by atoms with van der Waals surface area (Å²) in [6.45, 7) is 4.66. The van der Waals surface area contributed by atoms with Gasteiger partial charge in [-0.3, -0.25) is 9.59 Å². The standard InChI is InChI=1S/C53H93NO7/c1-6-8-10-12-14-16-18-20-22-24-25-26-28-30-32-34-36-38-40-42-44-52(56)61-49(47-59-46-45-50(53(57)58)54(3,4)5)48-60-51(55)43-41-39-37-35-33-31-29-27-23-21-19-17-15-13-11-9-7-2/h16,18,20-23,29,31,35,37,49-50H,6-15,17,19,24-28,30,32-34,36,38-48H2,1-5H3/p+1/b18-16+,22-20+,23-21+,31-29+,37-35+. The number of carbonyl (C=O) groups excluding carboxylic acids is 2. The first-order chi connectivity index (χ1) is 29.6. The number of carboxylic acid groups (broad SMARTS) is 1. The summed E-state index contributed by atoms with van der Waals surface area (Å²) in [5.41, 5.74) is 0. The summed E-state index contributed by atoms with van der Waals surface area (Å²) in [5, 5.41) is 9.64. The van der Waals surface area contributed by atoms with Crippen LogP contribution in [-0.4, -0.2) is 80.6 Å². The number of carboxylic acids is 1. The van der Waals surface area contributed by atoms with E-state index in [1.165, 1.54) is 128 Å². The van der Waals surface area contributed by atoms with Gasteiger partial charge in [0.1, 0.15) is 6.61 Å². The van der Waals surface area contributed by atoms with Crippen LogP contribution in [0.4, 0.5) is 0 Å². The first kappa shape index (κ1) is 58.0. The van der Waals surface area contributed by atoms with Crippen molar-refractivity contribution in [2.24, 2.45) is 0 Å². The van der Waals surface area contributed by atoms with Gasteiger partial charge in [0.15, 0.2) is 12.1 Å². The predicted molar refractivity (Wildman–Crippen MR) is 257 cm³/mol. The maximum atomic E-state index is 12.8. The van der Waals surface area contributed by atoms with Gasteiger partial charge in [-0.15, -0.1) is 0 Å². The Morgan fingerprint density at radius 1 is 0.508 bits per heavy atom. The molecule has 1 N–H and O–H groups in total. The number of hydrogen-bond donors (Lipinski definition) is 1. The molecule has 0 aliphatic carbocycles. The van der Waals surface area contributed by atoms with E-state index in [2.05, 4.69) is 74.6 Å². The Labute approximate surface area is 375 Å². The molecule has 2 atom stereocenters. The minimum Gasteiger partial charge on any atom is -0.477 e. The molecule has 8 nitrogen and oxygen atoms in total. The van der Waals surface area contributed by atoms with E-state index in [1.54, 1.807) is 0 Å². The Balaban J connectivity index is 4.35. The van der Waals surface area contributed by atoms with Crippen LogP contribution in [0.3, 0.4) is 0 Å². The second kappa shape index (κ2) is 43.7. The minimum absolute atomic E-state index is 0.0426. The molecule has 61 heavy (non-hydrogen) atoms. The number of hydrogen-bond acceptors (Lipinski definition) is 6. The zero-order valence-electron chi connectivity index (χ0n) is 40.1. The highest BCUT2D eigenvalue weighted by molar-refractivity contribution is 5.72. The van der Waals surface area contributed by atoms with Gasteiger partial charge >= 0.3 is 17.9 Å². The van der Waals surface area contributed by atoms with E-state index in [9.17, 15) is 19.5 Å². The number of quaternary nitrogens is 1. The van der Waals surface area contributed by atoms with Gasteiger partial charge < -0.3 is 23.8 Å². The summed E-state index contributed by atoms with van der Waals surface area (Å²) in [6.07, 6.45) is 54.1. The number of unbranched alkanes of at least 4 members (excludes halogenated alkanes) is 21. The van der Waals surface area contributed by atoms with E-state index < -0.39 is 18.1 Å². The summed E-state index contributed by atoms with van der Waals surface area (Å²) in [4.78, 5) is 37.1. The fraction of sp³-hybridized carbons (Fsp3) is 0.755. The summed E-state index contributed by atoms with van der Waals surface area (Å²) >= 11 is 0. The van der Waals surface area contributed by atoms with Gasteiger partial charge in [-0.25, -0.2) is 4.79 Å². The normalized spacial score (nSPS) is 13.4. The molecule has 0 aliphatic heterocycles. The van der Waals surface area contributed by atoms with Crippen molar-refractivity contribution < 1.29 is 38.2 Å². The zero-order valence-corrected chi connectivity index (χ0v) is 40.1. The van der Waals surface area contributed by atoms with Gasteiger partial charge in [0.25, 0.3) is 0 Å². The van der Waals surface area contributed by atoms with Crippen molar-refractivity contribution in [3.8, 4) is 0 Å². The number of carbonyl (C=O) groups is 3. The van der Waals surface area contributed by atoms with Crippen LogP contribution in [0, 0.1) is 0 Å². The molecular weight excluding hydrogens is 763 g/mol. The van der Waals surface area contributed by atoms with Crippen molar-refractivity contribution in [1.82, 2.24) is 0 Å². The lowest BCUT2D eigenvalue weighted by Crippen LogP contribution is -2.50. The first-order valence-corrected chi connectivity index (χ1v) is 24.8. The molecule has 352 valence electrons. The quantitative estimate of drug-likeness (QED) is 0.0214. The Hall–Kier alpha value is -2.97. The van der Waals surface area contributed by atoms with Gasteiger partial charge in [0, 0.05) is 19.3 Å². The average molecular weight is 857 g/mol. The van der Waals surface area contributed by atoms with E-state index >= 15 is 0 Å². The lowest BCUT2D eigenvalue weighted by molar-refractivity contribution is -0.887. The molecule has 0 saturated carbocycles. The number of esters is 2. The van der Waals surface area contributed by atoms with Crippen molar-refractivity contribution in [1.29, 1.82) is 0 Å². The molecule has 0 aromatic heterocycles. The highest BCUT2D eigenvalue weighted by atomic mass is 16.6. The van der Waals surface area contributed by atoms with Crippen LogP contribution >= 0.6 is 0 Å². The highest BCUT2D eigenvalue weighted by Crippen LogP contribution is 2.14. The molecular formula is C53H94NO7+. The molecule has 0 radical (unpaired) electrons. The van der Waals surface area contributed by atoms with Gasteiger partial charge in [0.05, 0.1) is 34.4 Å². The number of likely N-dealkylation sites (N-methyl/N-ethyl adjacent to an activating group) is 1. The van der Waals surface area contributed by atoms with E-state index in [0.29, 0.717) is 19.3 Å². The van der Waals surface area contributed by atoms with Gasteiger partial charge in [0.2, 0.25) is 0 Å². The maximum absolute atomic E-state index is 12.8. The number of aliphatic carboxylic acids is 1. The van der Waals surface area contributed by atoms with Crippen molar-refractivity contribution in [2.75, 3.05) is 41.0 Å². The van der Waals surface area contributed by atoms with Gasteiger partial charge in [-0.1, -0.05) is 177 Å². The Morgan fingerprint density at radius 2 is 0.934 bits per heavy atom. The third-order valence-corrected chi connectivity index (χ3v) is 10.9.